The minimum absolute atomic E-state index is 0.0439. The Labute approximate surface area is 177 Å². The highest BCUT2D eigenvalue weighted by atomic mass is 16.5. The van der Waals surface area contributed by atoms with Crippen LogP contribution in [-0.2, 0) is 16.0 Å². The number of nitriles is 1. The molecule has 0 radical (unpaired) electrons. The molecule has 2 atom stereocenters. The number of benzene rings is 1. The molecule has 30 heavy (non-hydrogen) atoms. The van der Waals surface area contributed by atoms with Gasteiger partial charge in [-0.2, -0.15) is 5.26 Å². The van der Waals surface area contributed by atoms with Crippen molar-refractivity contribution in [1.29, 1.82) is 5.26 Å². The Kier molecular flexibility index (Phi) is 6.28. The van der Waals surface area contributed by atoms with Crippen LogP contribution in [0.25, 0.3) is 10.9 Å². The molecular weight excluding hydrogens is 378 g/mol. The van der Waals surface area contributed by atoms with E-state index in [-0.39, 0.29) is 18.0 Å². The monoisotopic (exact) mass is 407 g/mol. The Morgan fingerprint density at radius 1 is 1.43 bits per heavy atom. The number of nitrogens with two attached hydrogens (primary N) is 1. The molecule has 2 fully saturated rings. The van der Waals surface area contributed by atoms with Gasteiger partial charge in [-0.05, 0) is 69.0 Å². The number of aromatic nitrogens is 1. The first-order valence-corrected chi connectivity index (χ1v) is 10.8. The van der Waals surface area contributed by atoms with Gasteiger partial charge in [-0.15, -0.1) is 0 Å². The number of ether oxygens (including phenoxy) is 1. The summed E-state index contributed by atoms with van der Waals surface area (Å²) in [6, 6.07) is 9.99. The standard InChI is InChI=1S/C23H29N5O2/c1-15(28(18-5-6-18)23(29)22-14-26-9-10-30-22)21-12-17(3-2-8-24)19-11-16(13-25)4-7-20(19)27-21/h4,7,11-12,15,18,22,26H,2-3,5-6,8-10,14,24H2,1H3/t15-,22-/m1/s1. The summed E-state index contributed by atoms with van der Waals surface area (Å²) in [4.78, 5) is 20.1. The Bertz CT molecular complexity index is 960. The van der Waals surface area contributed by atoms with E-state index in [4.69, 9.17) is 15.5 Å². The zero-order chi connectivity index (χ0) is 21.1. The molecule has 1 aromatic heterocycles. The molecule has 1 aliphatic carbocycles. The molecule has 1 aromatic carbocycles. The first kappa shape index (κ1) is 20.7. The minimum atomic E-state index is -0.433. The van der Waals surface area contributed by atoms with Crippen LogP contribution in [0.3, 0.4) is 0 Å². The van der Waals surface area contributed by atoms with Gasteiger partial charge in [0.15, 0.2) is 0 Å². The third-order valence-corrected chi connectivity index (χ3v) is 5.94. The summed E-state index contributed by atoms with van der Waals surface area (Å²) in [6.45, 7) is 4.55. The third-order valence-electron chi connectivity index (χ3n) is 5.94. The van der Waals surface area contributed by atoms with E-state index in [9.17, 15) is 10.1 Å². The van der Waals surface area contributed by atoms with E-state index in [1.807, 2.05) is 17.0 Å². The van der Waals surface area contributed by atoms with Crippen molar-refractivity contribution in [2.24, 2.45) is 5.73 Å². The van der Waals surface area contributed by atoms with Crippen molar-refractivity contribution in [3.63, 3.8) is 0 Å². The van der Waals surface area contributed by atoms with Crippen LogP contribution in [-0.4, -0.2) is 54.2 Å². The van der Waals surface area contributed by atoms with Gasteiger partial charge in [-0.1, -0.05) is 0 Å². The second kappa shape index (κ2) is 9.09. The van der Waals surface area contributed by atoms with Crippen LogP contribution in [0.2, 0.25) is 0 Å². The van der Waals surface area contributed by atoms with Gasteiger partial charge >= 0.3 is 0 Å². The van der Waals surface area contributed by atoms with E-state index >= 15 is 0 Å². The second-order valence-electron chi connectivity index (χ2n) is 8.16. The average molecular weight is 408 g/mol. The largest absolute Gasteiger partial charge is 0.366 e. The van der Waals surface area contributed by atoms with Gasteiger partial charge < -0.3 is 20.7 Å². The van der Waals surface area contributed by atoms with Crippen molar-refractivity contribution in [3.8, 4) is 6.07 Å². The molecule has 1 amide bonds. The molecule has 2 aliphatic rings. The number of fused-ring (bicyclic) bond motifs is 1. The van der Waals surface area contributed by atoms with E-state index in [0.717, 1.165) is 54.4 Å². The summed E-state index contributed by atoms with van der Waals surface area (Å²) in [6.07, 6.45) is 3.29. The number of nitrogens with one attached hydrogen (secondary N) is 1. The molecule has 4 rings (SSSR count). The van der Waals surface area contributed by atoms with Gasteiger partial charge in [0.25, 0.3) is 5.91 Å². The van der Waals surface area contributed by atoms with E-state index in [1.165, 1.54) is 0 Å². The van der Waals surface area contributed by atoms with Gasteiger partial charge in [0.2, 0.25) is 0 Å². The fraction of sp³-hybridized carbons (Fsp3) is 0.522. The first-order chi connectivity index (χ1) is 14.6. The number of pyridine rings is 1. The number of amides is 1. The highest BCUT2D eigenvalue weighted by Gasteiger charge is 2.40. The van der Waals surface area contributed by atoms with Crippen LogP contribution in [0, 0.1) is 11.3 Å². The van der Waals surface area contributed by atoms with Gasteiger partial charge in [0.05, 0.1) is 35.5 Å². The fourth-order valence-corrected chi connectivity index (χ4v) is 4.17. The smallest absolute Gasteiger partial charge is 0.253 e. The zero-order valence-corrected chi connectivity index (χ0v) is 17.4. The Morgan fingerprint density at radius 2 is 2.27 bits per heavy atom. The summed E-state index contributed by atoms with van der Waals surface area (Å²) in [5.41, 5.74) is 9.23. The molecule has 1 saturated heterocycles. The van der Waals surface area contributed by atoms with Gasteiger partial charge in [-0.3, -0.25) is 9.78 Å². The van der Waals surface area contributed by atoms with Crippen LogP contribution in [0.5, 0.6) is 0 Å². The highest BCUT2D eigenvalue weighted by Crippen LogP contribution is 2.36. The van der Waals surface area contributed by atoms with Crippen LogP contribution in [0.4, 0.5) is 0 Å². The summed E-state index contributed by atoms with van der Waals surface area (Å²) < 4.78 is 5.74. The van der Waals surface area contributed by atoms with Crippen molar-refractivity contribution in [1.82, 2.24) is 15.2 Å². The number of hydrogen-bond acceptors (Lipinski definition) is 6. The summed E-state index contributed by atoms with van der Waals surface area (Å²) >= 11 is 0. The van der Waals surface area contributed by atoms with E-state index in [2.05, 4.69) is 24.4 Å². The topological polar surface area (TPSA) is 104 Å². The van der Waals surface area contributed by atoms with Gasteiger partial charge in [0.1, 0.15) is 6.10 Å². The van der Waals surface area contributed by atoms with Crippen LogP contribution >= 0.6 is 0 Å². The molecule has 7 nitrogen and oxygen atoms in total. The number of morpholine rings is 1. The van der Waals surface area contributed by atoms with Crippen LogP contribution in [0.1, 0.15) is 49.0 Å². The molecule has 158 valence electrons. The average Bonchev–Trinajstić information content (AvgIpc) is 3.62. The SMILES string of the molecule is C[C@H](c1cc(CCCN)c2cc(C#N)ccc2n1)N(C(=O)[C@H]1CNCCO1)C1CC1. The van der Waals surface area contributed by atoms with Crippen LogP contribution in [0.15, 0.2) is 24.3 Å². The lowest BCUT2D eigenvalue weighted by Gasteiger charge is -2.34. The van der Waals surface area contributed by atoms with Crippen molar-refractivity contribution < 1.29 is 9.53 Å². The van der Waals surface area contributed by atoms with Crippen molar-refractivity contribution >= 4 is 16.8 Å². The Balaban J connectivity index is 1.69. The molecule has 3 N–H and O–H groups in total. The fourth-order valence-electron chi connectivity index (χ4n) is 4.17. The van der Waals surface area contributed by atoms with Crippen molar-refractivity contribution in [2.45, 2.75) is 50.8 Å². The molecule has 0 bridgehead atoms. The second-order valence-corrected chi connectivity index (χ2v) is 8.16. The number of carbonyl (C=O) groups is 1. The lowest BCUT2D eigenvalue weighted by Crippen LogP contribution is -2.50. The summed E-state index contributed by atoms with van der Waals surface area (Å²) in [5.74, 6) is 0.0439. The molecule has 2 heterocycles. The quantitative estimate of drug-likeness (QED) is 0.728. The lowest BCUT2D eigenvalue weighted by molar-refractivity contribution is -0.148. The van der Waals surface area contributed by atoms with E-state index in [1.54, 1.807) is 6.07 Å². The maximum atomic E-state index is 13.3. The zero-order valence-electron chi connectivity index (χ0n) is 17.4. The molecule has 0 unspecified atom stereocenters. The van der Waals surface area contributed by atoms with E-state index < -0.39 is 6.10 Å². The lowest BCUT2D eigenvalue weighted by atomic mass is 9.99. The molecular formula is C23H29N5O2. The predicted molar refractivity (Wildman–Crippen MR) is 115 cm³/mol. The number of hydrogen-bond donors (Lipinski definition) is 2. The van der Waals surface area contributed by atoms with E-state index in [0.29, 0.717) is 25.3 Å². The third kappa shape index (κ3) is 4.31. The summed E-state index contributed by atoms with van der Waals surface area (Å²) in [7, 11) is 0. The van der Waals surface area contributed by atoms with Crippen molar-refractivity contribution in [3.05, 3.63) is 41.1 Å². The van der Waals surface area contributed by atoms with Crippen molar-refractivity contribution in [2.75, 3.05) is 26.2 Å². The number of aryl methyl sites for hydroxylation is 1. The molecule has 7 heteroatoms. The first-order valence-electron chi connectivity index (χ1n) is 10.8. The Hall–Kier alpha value is -2.53. The molecule has 1 saturated carbocycles. The normalized spacial score (nSPS) is 20.0. The maximum Gasteiger partial charge on any atom is 0.253 e. The molecule has 0 spiro atoms. The molecule has 2 aromatic rings. The maximum absolute atomic E-state index is 13.3. The number of rotatable bonds is 7. The predicted octanol–water partition coefficient (Wildman–Crippen LogP) is 2.04. The highest BCUT2D eigenvalue weighted by molar-refractivity contribution is 5.85. The van der Waals surface area contributed by atoms with Gasteiger partial charge in [-0.25, -0.2) is 0 Å². The van der Waals surface area contributed by atoms with Crippen LogP contribution < -0.4 is 11.1 Å². The summed E-state index contributed by atoms with van der Waals surface area (Å²) in [5, 5.41) is 13.5. The van der Waals surface area contributed by atoms with Gasteiger partial charge in [0, 0.05) is 24.5 Å². The minimum Gasteiger partial charge on any atom is -0.366 e. The number of nitrogens with zero attached hydrogens (tertiary/aromatic N) is 3. The molecule has 1 aliphatic heterocycles. The number of carbonyl (C=O) groups excluding carboxylic acids is 1. The Morgan fingerprint density at radius 3 is 2.93 bits per heavy atom.